The van der Waals surface area contributed by atoms with Gasteiger partial charge >= 0.3 is 0 Å². The molecule has 25 heavy (non-hydrogen) atoms. The molecular weight excluding hydrogens is 316 g/mol. The second kappa shape index (κ2) is 14.8. The molecule has 0 atom stereocenters. The Morgan fingerprint density at radius 2 is 1.84 bits per heavy atom. The van der Waals surface area contributed by atoms with E-state index in [4.69, 9.17) is 15.2 Å². The zero-order chi connectivity index (χ0) is 19.1. The molecule has 1 aliphatic heterocycles. The van der Waals surface area contributed by atoms with Gasteiger partial charge in [-0.3, -0.25) is 4.90 Å². The van der Waals surface area contributed by atoms with Crippen molar-refractivity contribution in [2.24, 2.45) is 0 Å². The van der Waals surface area contributed by atoms with Gasteiger partial charge in [0.2, 0.25) is 0 Å². The number of nitrogens with two attached hydrogens (primary N) is 1. The maximum absolute atomic E-state index is 5.86. The molecule has 146 valence electrons. The van der Waals surface area contributed by atoms with E-state index in [1.165, 1.54) is 0 Å². The van der Waals surface area contributed by atoms with Gasteiger partial charge in [-0.15, -0.1) is 0 Å². The van der Waals surface area contributed by atoms with Crippen molar-refractivity contribution >= 4 is 11.6 Å². The van der Waals surface area contributed by atoms with E-state index in [2.05, 4.69) is 21.7 Å². The van der Waals surface area contributed by atoms with E-state index in [1.54, 1.807) is 6.07 Å². The Kier molecular flexibility index (Phi) is 13.9. The molecule has 2 N–H and O–H groups in total. The van der Waals surface area contributed by atoms with E-state index in [0.29, 0.717) is 12.4 Å². The number of hydrogen-bond donors (Lipinski definition) is 1. The van der Waals surface area contributed by atoms with Gasteiger partial charge in [0.1, 0.15) is 24.0 Å². The minimum Gasteiger partial charge on any atom is -0.492 e. The second-order valence-corrected chi connectivity index (χ2v) is 5.31. The zero-order valence-electron chi connectivity index (χ0n) is 17.0. The van der Waals surface area contributed by atoms with E-state index < -0.39 is 0 Å². The van der Waals surface area contributed by atoms with E-state index in [-0.39, 0.29) is 0 Å². The monoisotopic (exact) mass is 354 g/mol. The fourth-order valence-corrected chi connectivity index (χ4v) is 2.36. The van der Waals surface area contributed by atoms with Crippen LogP contribution in [0.4, 0.5) is 11.6 Å². The van der Waals surface area contributed by atoms with Crippen LogP contribution in [-0.4, -0.2) is 62.9 Å². The molecule has 0 aliphatic carbocycles. The van der Waals surface area contributed by atoms with Crippen molar-refractivity contribution in [3.05, 3.63) is 12.1 Å². The molecule has 0 amide bonds. The molecule has 6 nitrogen and oxygen atoms in total. The highest BCUT2D eigenvalue weighted by atomic mass is 16.5. The van der Waals surface area contributed by atoms with Crippen LogP contribution in [-0.2, 0) is 4.74 Å². The summed E-state index contributed by atoms with van der Waals surface area (Å²) >= 11 is 0. The van der Waals surface area contributed by atoms with Crippen LogP contribution >= 0.6 is 0 Å². The van der Waals surface area contributed by atoms with Crippen LogP contribution < -0.4 is 15.4 Å². The number of hydrogen-bond acceptors (Lipinski definition) is 6. The fourth-order valence-electron chi connectivity index (χ4n) is 2.36. The molecule has 2 heterocycles. The molecule has 0 bridgehead atoms. The van der Waals surface area contributed by atoms with Crippen LogP contribution in [0.1, 0.15) is 41.0 Å². The van der Waals surface area contributed by atoms with Gasteiger partial charge in [0.05, 0.1) is 13.2 Å². The molecule has 1 saturated heterocycles. The summed E-state index contributed by atoms with van der Waals surface area (Å²) in [5.41, 5.74) is 5.86. The normalized spacial score (nSPS) is 13.8. The molecule has 2 rings (SSSR count). The third kappa shape index (κ3) is 9.51. The van der Waals surface area contributed by atoms with E-state index in [0.717, 1.165) is 57.4 Å². The first-order valence-corrected chi connectivity index (χ1v) is 9.60. The van der Waals surface area contributed by atoms with E-state index in [1.807, 2.05) is 40.8 Å². The fraction of sp³-hybridized carbons (Fsp3) is 0.737. The number of aromatic nitrogens is 1. The van der Waals surface area contributed by atoms with Crippen molar-refractivity contribution in [2.75, 3.05) is 63.7 Å². The highest BCUT2D eigenvalue weighted by molar-refractivity contribution is 5.50. The Morgan fingerprint density at radius 1 is 1.20 bits per heavy atom. The van der Waals surface area contributed by atoms with Crippen LogP contribution in [0.5, 0.6) is 5.75 Å². The lowest BCUT2D eigenvalue weighted by molar-refractivity contribution is 0.0322. The van der Waals surface area contributed by atoms with Crippen molar-refractivity contribution in [3.63, 3.8) is 0 Å². The average molecular weight is 355 g/mol. The lowest BCUT2D eigenvalue weighted by Crippen LogP contribution is -2.38. The Balaban J connectivity index is 0.00000134. The van der Waals surface area contributed by atoms with Gasteiger partial charge in [-0.25, -0.2) is 4.98 Å². The van der Waals surface area contributed by atoms with Gasteiger partial charge < -0.3 is 20.1 Å². The minimum atomic E-state index is 0.497. The van der Waals surface area contributed by atoms with Gasteiger partial charge in [0.15, 0.2) is 0 Å². The third-order valence-electron chi connectivity index (χ3n) is 3.54. The Morgan fingerprint density at radius 3 is 2.44 bits per heavy atom. The van der Waals surface area contributed by atoms with Gasteiger partial charge in [-0.1, -0.05) is 34.6 Å². The standard InChI is InChI=1S/C15H26N4O2.2C2H6/c1-3-4-18(2)15-12-13(11-14(16)17-15)21-10-7-19-5-8-20-9-6-19;2*1-2/h11-12H,3-10H2,1-2H3,(H2,16,17);2*1-2H3. The maximum atomic E-state index is 5.86. The summed E-state index contributed by atoms with van der Waals surface area (Å²) in [5.74, 6) is 2.14. The third-order valence-corrected chi connectivity index (χ3v) is 3.54. The number of pyridine rings is 1. The van der Waals surface area contributed by atoms with Gasteiger partial charge in [0.25, 0.3) is 0 Å². The largest absolute Gasteiger partial charge is 0.492 e. The lowest BCUT2D eigenvalue weighted by atomic mass is 10.3. The number of ether oxygens (including phenoxy) is 2. The first kappa shape index (κ1) is 23.5. The van der Waals surface area contributed by atoms with Crippen molar-refractivity contribution in [1.82, 2.24) is 9.88 Å². The van der Waals surface area contributed by atoms with Crippen LogP contribution in [0.25, 0.3) is 0 Å². The van der Waals surface area contributed by atoms with E-state index in [9.17, 15) is 0 Å². The highest BCUT2D eigenvalue weighted by Crippen LogP contribution is 2.21. The topological polar surface area (TPSA) is 63.9 Å². The lowest BCUT2D eigenvalue weighted by Gasteiger charge is -2.26. The number of anilines is 2. The summed E-state index contributed by atoms with van der Waals surface area (Å²) in [7, 11) is 2.02. The van der Waals surface area contributed by atoms with Gasteiger partial charge in [-0.2, -0.15) is 0 Å². The highest BCUT2D eigenvalue weighted by Gasteiger charge is 2.10. The summed E-state index contributed by atoms with van der Waals surface area (Å²) in [5, 5.41) is 0. The number of nitrogens with zero attached hydrogens (tertiary/aromatic N) is 3. The Labute approximate surface area is 154 Å². The number of morpholine rings is 1. The quantitative estimate of drug-likeness (QED) is 0.811. The molecule has 0 aromatic carbocycles. The van der Waals surface area contributed by atoms with Gasteiger partial charge in [-0.05, 0) is 6.42 Å². The SMILES string of the molecule is CC.CC.CCCN(C)c1cc(OCCN2CCOCC2)cc(N)n1. The van der Waals surface area contributed by atoms with Crippen molar-refractivity contribution in [1.29, 1.82) is 0 Å². The van der Waals surface area contributed by atoms with Crippen LogP contribution in [0.2, 0.25) is 0 Å². The van der Waals surface area contributed by atoms with Crippen molar-refractivity contribution in [2.45, 2.75) is 41.0 Å². The smallest absolute Gasteiger partial charge is 0.134 e. The molecule has 6 heteroatoms. The van der Waals surface area contributed by atoms with Crippen molar-refractivity contribution in [3.8, 4) is 5.75 Å². The summed E-state index contributed by atoms with van der Waals surface area (Å²) in [6, 6.07) is 3.73. The molecule has 1 aromatic rings. The summed E-state index contributed by atoms with van der Waals surface area (Å²) in [6.07, 6.45) is 1.07. The molecule has 1 fully saturated rings. The minimum absolute atomic E-state index is 0.497. The van der Waals surface area contributed by atoms with Crippen molar-refractivity contribution < 1.29 is 9.47 Å². The molecule has 0 saturated carbocycles. The first-order chi connectivity index (χ1) is 12.2. The van der Waals surface area contributed by atoms with E-state index >= 15 is 0 Å². The van der Waals surface area contributed by atoms with Crippen LogP contribution in [0.3, 0.4) is 0 Å². The zero-order valence-corrected chi connectivity index (χ0v) is 17.0. The number of nitrogen functional groups attached to an aromatic ring is 1. The summed E-state index contributed by atoms with van der Waals surface area (Å²) in [6.45, 7) is 16.2. The maximum Gasteiger partial charge on any atom is 0.134 e. The molecule has 1 aromatic heterocycles. The Hall–Kier alpha value is -1.53. The number of rotatable bonds is 7. The summed E-state index contributed by atoms with van der Waals surface area (Å²) < 4.78 is 11.2. The Bertz CT molecular complexity index is 437. The first-order valence-electron chi connectivity index (χ1n) is 9.60. The van der Waals surface area contributed by atoms with Gasteiger partial charge in [0, 0.05) is 45.4 Å². The van der Waals surface area contributed by atoms with Crippen LogP contribution in [0.15, 0.2) is 12.1 Å². The molecule has 0 unspecified atom stereocenters. The predicted molar refractivity (Wildman–Crippen MR) is 108 cm³/mol. The predicted octanol–water partition coefficient (Wildman–Crippen LogP) is 3.27. The molecule has 0 radical (unpaired) electrons. The summed E-state index contributed by atoms with van der Waals surface area (Å²) in [4.78, 5) is 8.78. The average Bonchev–Trinajstić information content (AvgIpc) is 2.66. The second-order valence-electron chi connectivity index (χ2n) is 5.31. The van der Waals surface area contributed by atoms with Crippen LogP contribution in [0, 0.1) is 0 Å². The molecule has 1 aliphatic rings. The molecule has 0 spiro atoms. The molecular formula is C19H38N4O2.